The summed E-state index contributed by atoms with van der Waals surface area (Å²) < 4.78 is 29.3. The van der Waals surface area contributed by atoms with Gasteiger partial charge in [0.1, 0.15) is 23.0 Å². The summed E-state index contributed by atoms with van der Waals surface area (Å²) in [7, 11) is 0. The summed E-state index contributed by atoms with van der Waals surface area (Å²) in [5.74, 6) is 0.534. The van der Waals surface area contributed by atoms with E-state index in [1.165, 1.54) is 12.4 Å². The topological polar surface area (TPSA) is 47.0 Å². The number of benzene rings is 1. The number of hydrogen-bond acceptors (Lipinski definition) is 4. The van der Waals surface area contributed by atoms with E-state index in [1.807, 2.05) is 6.92 Å². The van der Waals surface area contributed by atoms with Gasteiger partial charge in [0.05, 0.1) is 5.69 Å². The minimum atomic E-state index is -2.89. The van der Waals surface area contributed by atoms with E-state index in [0.29, 0.717) is 23.1 Å². The van der Waals surface area contributed by atoms with Crippen LogP contribution in [-0.2, 0) is 6.42 Å². The fourth-order valence-electron chi connectivity index (χ4n) is 1.87. The molecule has 4 nitrogen and oxygen atoms in total. The van der Waals surface area contributed by atoms with E-state index in [2.05, 4.69) is 20.0 Å². The van der Waals surface area contributed by atoms with Gasteiger partial charge in [0.2, 0.25) is 0 Å². The Morgan fingerprint density at radius 2 is 2.05 bits per heavy atom. The average Bonchev–Trinajstić information content (AvgIpc) is 2.44. The maximum Gasteiger partial charge on any atom is 0.387 e. The van der Waals surface area contributed by atoms with Crippen molar-refractivity contribution >= 4 is 23.1 Å². The highest BCUT2D eigenvalue weighted by atomic mass is 35.5. The third kappa shape index (κ3) is 4.01. The molecule has 0 fully saturated rings. The van der Waals surface area contributed by atoms with Gasteiger partial charge in [-0.1, -0.05) is 37.1 Å². The van der Waals surface area contributed by atoms with E-state index < -0.39 is 6.61 Å². The lowest BCUT2D eigenvalue weighted by molar-refractivity contribution is -0.0493. The second-order valence-corrected chi connectivity index (χ2v) is 4.60. The zero-order chi connectivity index (χ0) is 15.2. The summed E-state index contributed by atoms with van der Waals surface area (Å²) in [6.45, 7) is -0.891. The van der Waals surface area contributed by atoms with E-state index >= 15 is 0 Å². The zero-order valence-electron chi connectivity index (χ0n) is 11.3. The fourth-order valence-corrected chi connectivity index (χ4v) is 2.09. The van der Waals surface area contributed by atoms with E-state index in [0.717, 1.165) is 12.0 Å². The summed E-state index contributed by atoms with van der Waals surface area (Å²) in [4.78, 5) is 8.06. The van der Waals surface area contributed by atoms with Crippen LogP contribution in [0.1, 0.15) is 18.9 Å². The maximum absolute atomic E-state index is 12.4. The number of halogens is 3. The molecule has 0 aliphatic heterocycles. The van der Waals surface area contributed by atoms with Gasteiger partial charge in [-0.15, -0.1) is 0 Å². The minimum Gasteiger partial charge on any atom is -0.433 e. The summed E-state index contributed by atoms with van der Waals surface area (Å²) in [6, 6.07) is 6.41. The number of nitrogens with one attached hydrogen (secondary N) is 1. The van der Waals surface area contributed by atoms with Crippen molar-refractivity contribution < 1.29 is 13.5 Å². The first-order chi connectivity index (χ1) is 10.1. The molecule has 0 spiro atoms. The lowest BCUT2D eigenvalue weighted by atomic mass is 10.2. The molecule has 0 radical (unpaired) electrons. The SMILES string of the molecule is CCCc1c(Cl)ncnc1Nc1ccccc1OC(F)F. The lowest BCUT2D eigenvalue weighted by Crippen LogP contribution is -2.06. The summed E-state index contributed by atoms with van der Waals surface area (Å²) in [5, 5.41) is 3.33. The summed E-state index contributed by atoms with van der Waals surface area (Å²) in [5.41, 5.74) is 1.14. The van der Waals surface area contributed by atoms with Crippen LogP contribution < -0.4 is 10.1 Å². The Bertz CT molecular complexity index is 611. The van der Waals surface area contributed by atoms with Crippen LogP contribution in [0.5, 0.6) is 5.75 Å². The molecule has 0 saturated heterocycles. The third-order valence-electron chi connectivity index (χ3n) is 2.75. The van der Waals surface area contributed by atoms with Gasteiger partial charge in [0.25, 0.3) is 0 Å². The number of anilines is 2. The number of aromatic nitrogens is 2. The Labute approximate surface area is 126 Å². The van der Waals surface area contributed by atoms with Gasteiger partial charge >= 0.3 is 6.61 Å². The van der Waals surface area contributed by atoms with Gasteiger partial charge in [0, 0.05) is 5.56 Å². The highest BCUT2D eigenvalue weighted by molar-refractivity contribution is 6.30. The number of rotatable bonds is 6. The normalized spacial score (nSPS) is 10.7. The van der Waals surface area contributed by atoms with Crippen molar-refractivity contribution in [3.63, 3.8) is 0 Å². The molecule has 21 heavy (non-hydrogen) atoms. The van der Waals surface area contributed by atoms with Gasteiger partial charge in [-0.2, -0.15) is 8.78 Å². The van der Waals surface area contributed by atoms with Gasteiger partial charge in [0.15, 0.2) is 0 Å². The Morgan fingerprint density at radius 3 is 2.76 bits per heavy atom. The van der Waals surface area contributed by atoms with Crippen LogP contribution in [-0.4, -0.2) is 16.6 Å². The van der Waals surface area contributed by atoms with Crippen LogP contribution in [0.3, 0.4) is 0 Å². The number of para-hydroxylation sites is 2. The minimum absolute atomic E-state index is 0.0460. The molecule has 1 aromatic heterocycles. The second-order valence-electron chi connectivity index (χ2n) is 4.24. The quantitative estimate of drug-likeness (QED) is 0.802. The Hall–Kier alpha value is -1.95. The van der Waals surface area contributed by atoms with Gasteiger partial charge in [-0.05, 0) is 18.6 Å². The molecule has 2 rings (SSSR count). The van der Waals surface area contributed by atoms with Crippen molar-refractivity contribution in [2.45, 2.75) is 26.4 Å². The molecule has 0 unspecified atom stereocenters. The van der Waals surface area contributed by atoms with Crippen LogP contribution in [0, 0.1) is 0 Å². The molecular formula is C14H14ClF2N3O. The van der Waals surface area contributed by atoms with Crippen LogP contribution in [0.25, 0.3) is 0 Å². The molecule has 112 valence electrons. The number of nitrogens with zero attached hydrogens (tertiary/aromatic N) is 2. The van der Waals surface area contributed by atoms with Gasteiger partial charge in [-0.25, -0.2) is 9.97 Å². The highest BCUT2D eigenvalue weighted by Gasteiger charge is 2.13. The van der Waals surface area contributed by atoms with Crippen molar-refractivity contribution in [3.05, 3.63) is 41.3 Å². The van der Waals surface area contributed by atoms with Gasteiger partial charge < -0.3 is 10.1 Å². The molecule has 7 heteroatoms. The highest BCUT2D eigenvalue weighted by Crippen LogP contribution is 2.31. The molecular weight excluding hydrogens is 300 g/mol. The fraction of sp³-hybridized carbons (Fsp3) is 0.286. The molecule has 0 aliphatic rings. The number of hydrogen-bond donors (Lipinski definition) is 1. The Balaban J connectivity index is 2.32. The molecule has 1 aromatic carbocycles. The standard InChI is InChI=1S/C14H14ClF2N3O/c1-2-5-9-12(15)18-8-19-13(9)20-10-6-3-4-7-11(10)21-14(16)17/h3-4,6-8,14H,2,5H2,1H3,(H,18,19,20). The van der Waals surface area contributed by atoms with Crippen LogP contribution in [0.15, 0.2) is 30.6 Å². The van der Waals surface area contributed by atoms with E-state index in [1.54, 1.807) is 18.2 Å². The van der Waals surface area contributed by atoms with Crippen molar-refractivity contribution in [3.8, 4) is 5.75 Å². The molecule has 0 bridgehead atoms. The third-order valence-corrected chi connectivity index (χ3v) is 3.07. The first kappa shape index (κ1) is 15.4. The largest absolute Gasteiger partial charge is 0.433 e. The monoisotopic (exact) mass is 313 g/mol. The van der Waals surface area contributed by atoms with Crippen molar-refractivity contribution in [2.24, 2.45) is 0 Å². The van der Waals surface area contributed by atoms with Crippen molar-refractivity contribution in [1.82, 2.24) is 9.97 Å². The average molecular weight is 314 g/mol. The molecule has 1 heterocycles. The molecule has 0 atom stereocenters. The molecule has 0 amide bonds. The maximum atomic E-state index is 12.4. The summed E-state index contributed by atoms with van der Waals surface area (Å²) >= 11 is 6.06. The molecule has 1 N–H and O–H groups in total. The number of ether oxygens (including phenoxy) is 1. The van der Waals surface area contributed by atoms with E-state index in [-0.39, 0.29) is 5.75 Å². The summed E-state index contributed by atoms with van der Waals surface area (Å²) in [6.07, 6.45) is 2.86. The number of alkyl halides is 2. The first-order valence-corrected chi connectivity index (χ1v) is 6.79. The van der Waals surface area contributed by atoms with Crippen LogP contribution in [0.4, 0.5) is 20.3 Å². The van der Waals surface area contributed by atoms with E-state index in [4.69, 9.17) is 11.6 Å². The Kier molecular flexibility index (Phi) is 5.27. The zero-order valence-corrected chi connectivity index (χ0v) is 12.1. The smallest absolute Gasteiger partial charge is 0.387 e. The molecule has 0 saturated carbocycles. The molecule has 0 aliphatic carbocycles. The van der Waals surface area contributed by atoms with E-state index in [9.17, 15) is 8.78 Å². The van der Waals surface area contributed by atoms with Crippen LogP contribution in [0.2, 0.25) is 5.15 Å². The van der Waals surface area contributed by atoms with Gasteiger partial charge in [-0.3, -0.25) is 0 Å². The Morgan fingerprint density at radius 1 is 1.29 bits per heavy atom. The second kappa shape index (κ2) is 7.17. The van der Waals surface area contributed by atoms with Crippen LogP contribution >= 0.6 is 11.6 Å². The van der Waals surface area contributed by atoms with Crippen molar-refractivity contribution in [1.29, 1.82) is 0 Å². The predicted octanol–water partition coefficient (Wildman–Crippen LogP) is 4.43. The predicted molar refractivity (Wildman–Crippen MR) is 77.4 cm³/mol. The van der Waals surface area contributed by atoms with Crippen molar-refractivity contribution in [2.75, 3.05) is 5.32 Å². The molecule has 2 aromatic rings. The lowest BCUT2D eigenvalue weighted by Gasteiger charge is -2.14. The first-order valence-electron chi connectivity index (χ1n) is 6.42.